The Morgan fingerprint density at radius 1 is 1.23 bits per heavy atom. The summed E-state index contributed by atoms with van der Waals surface area (Å²) in [7, 11) is 0. The third-order valence-electron chi connectivity index (χ3n) is 4.84. The van der Waals surface area contributed by atoms with Crippen LogP contribution < -0.4 is 5.73 Å². The van der Waals surface area contributed by atoms with Gasteiger partial charge in [0.05, 0.1) is 0 Å². The zero-order chi connectivity index (χ0) is 15.6. The van der Waals surface area contributed by atoms with Crippen molar-refractivity contribution in [3.8, 4) is 0 Å². The number of rotatable bonds is 3. The molecule has 5 nitrogen and oxygen atoms in total. The highest BCUT2D eigenvalue weighted by Gasteiger charge is 2.39. The van der Waals surface area contributed by atoms with Gasteiger partial charge in [0.15, 0.2) is 0 Å². The van der Waals surface area contributed by atoms with Crippen molar-refractivity contribution in [2.24, 2.45) is 17.6 Å². The van der Waals surface area contributed by atoms with Gasteiger partial charge in [-0.25, -0.2) is 0 Å². The third-order valence-corrected chi connectivity index (χ3v) is 4.84. The quantitative estimate of drug-likeness (QED) is 0.855. The Hall–Kier alpha value is -0.810. The highest BCUT2D eigenvalue weighted by Crippen LogP contribution is 2.27. The fourth-order valence-electron chi connectivity index (χ4n) is 3.60. The van der Waals surface area contributed by atoms with Gasteiger partial charge in [0, 0.05) is 25.0 Å². The minimum absolute atomic E-state index is 0. The Kier molecular flexibility index (Phi) is 7.13. The number of carbonyl (C=O) groups is 2. The lowest BCUT2D eigenvalue weighted by molar-refractivity contribution is -0.149. The van der Waals surface area contributed by atoms with Crippen LogP contribution in [-0.2, 0) is 9.59 Å². The average molecular weight is 332 g/mol. The maximum atomic E-state index is 12.9. The van der Waals surface area contributed by atoms with Crippen molar-refractivity contribution in [3.05, 3.63) is 0 Å². The number of hydrogen-bond donors (Lipinski definition) is 1. The van der Waals surface area contributed by atoms with Crippen LogP contribution in [0.5, 0.6) is 0 Å². The molecule has 3 atom stereocenters. The maximum absolute atomic E-state index is 12.9. The first-order chi connectivity index (χ1) is 9.95. The van der Waals surface area contributed by atoms with Crippen LogP contribution in [0.1, 0.15) is 46.5 Å². The van der Waals surface area contributed by atoms with Crippen molar-refractivity contribution in [1.29, 1.82) is 0 Å². The molecule has 22 heavy (non-hydrogen) atoms. The first-order valence-electron chi connectivity index (χ1n) is 8.26. The summed E-state index contributed by atoms with van der Waals surface area (Å²) in [5, 5.41) is 0. The fourth-order valence-corrected chi connectivity index (χ4v) is 3.60. The standard InChI is InChI=1S/C16H29N3O2.ClH/c1-11(2)15(20)18-7-5-4-6-14(18)16(21)19-10-13(9-17)8-12(19)3;/h11-14H,4-10,17H2,1-3H3;1H. The van der Waals surface area contributed by atoms with E-state index >= 15 is 0 Å². The van der Waals surface area contributed by atoms with Gasteiger partial charge in [-0.05, 0) is 45.1 Å². The molecule has 0 radical (unpaired) electrons. The molecule has 2 amide bonds. The van der Waals surface area contributed by atoms with Gasteiger partial charge in [-0.3, -0.25) is 9.59 Å². The SMILES string of the molecule is CC(C)C(=O)N1CCCCC1C(=O)N1CC(CN)CC1C.Cl. The summed E-state index contributed by atoms with van der Waals surface area (Å²) in [4.78, 5) is 29.0. The van der Waals surface area contributed by atoms with Gasteiger partial charge >= 0.3 is 0 Å². The predicted molar refractivity (Wildman–Crippen MR) is 89.8 cm³/mol. The molecule has 0 saturated carbocycles. The summed E-state index contributed by atoms with van der Waals surface area (Å²) in [5.74, 6) is 0.593. The molecule has 2 aliphatic rings. The van der Waals surface area contributed by atoms with Crippen molar-refractivity contribution in [3.63, 3.8) is 0 Å². The lowest BCUT2D eigenvalue weighted by Gasteiger charge is -2.38. The Morgan fingerprint density at radius 3 is 2.45 bits per heavy atom. The molecule has 2 aliphatic heterocycles. The van der Waals surface area contributed by atoms with Gasteiger partial charge in [-0.15, -0.1) is 12.4 Å². The first kappa shape index (κ1) is 19.2. The van der Waals surface area contributed by atoms with Gasteiger partial charge in [-0.2, -0.15) is 0 Å². The molecule has 0 aromatic rings. The number of piperidine rings is 1. The van der Waals surface area contributed by atoms with E-state index in [9.17, 15) is 9.59 Å². The van der Waals surface area contributed by atoms with Crippen LogP contribution in [-0.4, -0.2) is 53.3 Å². The number of hydrogen-bond acceptors (Lipinski definition) is 3. The first-order valence-corrected chi connectivity index (χ1v) is 8.26. The predicted octanol–water partition coefficient (Wildman–Crippen LogP) is 1.64. The van der Waals surface area contributed by atoms with Crippen LogP contribution >= 0.6 is 12.4 Å². The topological polar surface area (TPSA) is 66.6 Å². The Bertz CT molecular complexity index is 403. The van der Waals surface area contributed by atoms with Crippen LogP contribution in [0.25, 0.3) is 0 Å². The Labute approximate surface area is 140 Å². The van der Waals surface area contributed by atoms with E-state index in [0.29, 0.717) is 12.5 Å². The number of likely N-dealkylation sites (tertiary alicyclic amines) is 2. The van der Waals surface area contributed by atoms with Gasteiger partial charge in [0.1, 0.15) is 6.04 Å². The molecule has 0 aliphatic carbocycles. The van der Waals surface area contributed by atoms with E-state index in [4.69, 9.17) is 5.73 Å². The van der Waals surface area contributed by atoms with Crippen molar-refractivity contribution in [2.75, 3.05) is 19.6 Å². The summed E-state index contributed by atoms with van der Waals surface area (Å²) >= 11 is 0. The largest absolute Gasteiger partial charge is 0.338 e. The minimum atomic E-state index is -0.257. The molecule has 0 aromatic heterocycles. The van der Waals surface area contributed by atoms with E-state index in [2.05, 4.69) is 6.92 Å². The van der Waals surface area contributed by atoms with E-state index in [1.807, 2.05) is 23.6 Å². The molecule has 2 fully saturated rings. The van der Waals surface area contributed by atoms with E-state index in [0.717, 1.165) is 38.8 Å². The summed E-state index contributed by atoms with van der Waals surface area (Å²) in [5.41, 5.74) is 5.75. The van der Waals surface area contributed by atoms with Crippen LogP contribution in [0.15, 0.2) is 0 Å². The summed E-state index contributed by atoms with van der Waals surface area (Å²) in [6, 6.07) is -0.0170. The lowest BCUT2D eigenvalue weighted by atomic mass is 9.98. The van der Waals surface area contributed by atoms with E-state index in [1.165, 1.54) is 0 Å². The second-order valence-corrected chi connectivity index (χ2v) is 6.87. The second-order valence-electron chi connectivity index (χ2n) is 6.87. The smallest absolute Gasteiger partial charge is 0.245 e. The maximum Gasteiger partial charge on any atom is 0.245 e. The number of nitrogens with zero attached hydrogens (tertiary/aromatic N) is 2. The van der Waals surface area contributed by atoms with E-state index in [-0.39, 0.29) is 42.2 Å². The normalized spacial score (nSPS) is 28.7. The molecular formula is C16H30ClN3O2. The molecule has 0 bridgehead atoms. The van der Waals surface area contributed by atoms with Crippen molar-refractivity contribution >= 4 is 24.2 Å². The molecular weight excluding hydrogens is 302 g/mol. The highest BCUT2D eigenvalue weighted by molar-refractivity contribution is 5.89. The average Bonchev–Trinajstić information content (AvgIpc) is 2.86. The molecule has 3 unspecified atom stereocenters. The molecule has 2 N–H and O–H groups in total. The Morgan fingerprint density at radius 2 is 1.91 bits per heavy atom. The van der Waals surface area contributed by atoms with E-state index < -0.39 is 0 Å². The summed E-state index contributed by atoms with van der Waals surface area (Å²) in [6.07, 6.45) is 3.81. The van der Waals surface area contributed by atoms with Crippen molar-refractivity contribution in [2.45, 2.75) is 58.5 Å². The van der Waals surface area contributed by atoms with Gasteiger partial charge in [0.25, 0.3) is 0 Å². The van der Waals surface area contributed by atoms with E-state index in [1.54, 1.807) is 0 Å². The number of nitrogens with two attached hydrogens (primary N) is 1. The highest BCUT2D eigenvalue weighted by atomic mass is 35.5. The van der Waals surface area contributed by atoms with Crippen molar-refractivity contribution < 1.29 is 9.59 Å². The summed E-state index contributed by atoms with van der Waals surface area (Å²) in [6.45, 7) is 7.99. The Balaban J connectivity index is 0.00000242. The van der Waals surface area contributed by atoms with Crippen molar-refractivity contribution in [1.82, 2.24) is 9.80 Å². The monoisotopic (exact) mass is 331 g/mol. The molecule has 6 heteroatoms. The van der Waals surface area contributed by atoms with Crippen LogP contribution in [0.4, 0.5) is 0 Å². The molecule has 0 spiro atoms. The summed E-state index contributed by atoms with van der Waals surface area (Å²) < 4.78 is 0. The zero-order valence-electron chi connectivity index (χ0n) is 14.0. The molecule has 2 heterocycles. The van der Waals surface area contributed by atoms with Gasteiger partial charge in [0.2, 0.25) is 11.8 Å². The van der Waals surface area contributed by atoms with Crippen LogP contribution in [0.2, 0.25) is 0 Å². The van der Waals surface area contributed by atoms with Gasteiger partial charge in [-0.1, -0.05) is 13.8 Å². The molecule has 2 saturated heterocycles. The molecule has 2 rings (SSSR count). The molecule has 128 valence electrons. The molecule has 0 aromatic carbocycles. The second kappa shape index (κ2) is 8.16. The van der Waals surface area contributed by atoms with Crippen LogP contribution in [0.3, 0.4) is 0 Å². The number of halogens is 1. The lowest BCUT2D eigenvalue weighted by Crippen LogP contribution is -2.54. The van der Waals surface area contributed by atoms with Gasteiger partial charge < -0.3 is 15.5 Å². The zero-order valence-corrected chi connectivity index (χ0v) is 14.8. The number of amides is 2. The third kappa shape index (κ3) is 3.93. The minimum Gasteiger partial charge on any atom is -0.338 e. The fraction of sp³-hybridized carbons (Fsp3) is 0.875. The number of carbonyl (C=O) groups excluding carboxylic acids is 2. The van der Waals surface area contributed by atoms with Crippen LogP contribution in [0, 0.1) is 11.8 Å².